The van der Waals surface area contributed by atoms with Gasteiger partial charge in [0, 0.05) is 18.3 Å². The fraction of sp³-hybridized carbons (Fsp3) is 0.786. The number of carbonyl (C=O) groups is 1. The topological polar surface area (TPSA) is 44.8 Å². The third-order valence-electron chi connectivity index (χ3n) is 4.78. The van der Waals surface area contributed by atoms with Gasteiger partial charge < -0.3 is 14.2 Å². The Kier molecular flexibility index (Phi) is 2.75. The molecule has 0 radical (unpaired) electrons. The summed E-state index contributed by atoms with van der Waals surface area (Å²) in [5, 5.41) is 0. The van der Waals surface area contributed by atoms with Crippen LogP contribution in [0.3, 0.4) is 0 Å². The summed E-state index contributed by atoms with van der Waals surface area (Å²) in [6.45, 7) is 3.47. The fourth-order valence-corrected chi connectivity index (χ4v) is 3.79. The number of ether oxygens (including phenoxy) is 3. The Morgan fingerprint density at radius 2 is 1.89 bits per heavy atom. The zero-order valence-corrected chi connectivity index (χ0v) is 11.1. The number of fused-ring (bicyclic) bond motifs is 2. The van der Waals surface area contributed by atoms with Gasteiger partial charge in [0.2, 0.25) is 0 Å². The standard InChI is InChI=1S/C14H20O4/c1-13-7-5-11(15)12(16-2)10(13)4-3-6-14(13)17-8-9-18-14/h3-9H2,1-2H3/t13-/m1/s1. The van der Waals surface area contributed by atoms with E-state index in [1.807, 2.05) is 0 Å². The molecule has 1 saturated heterocycles. The maximum atomic E-state index is 12.0. The first-order valence-corrected chi connectivity index (χ1v) is 6.72. The van der Waals surface area contributed by atoms with Gasteiger partial charge in [0.25, 0.3) is 0 Å². The minimum absolute atomic E-state index is 0.125. The maximum Gasteiger partial charge on any atom is 0.197 e. The molecule has 1 atom stereocenters. The van der Waals surface area contributed by atoms with Crippen LogP contribution in [0.5, 0.6) is 0 Å². The summed E-state index contributed by atoms with van der Waals surface area (Å²) >= 11 is 0. The highest BCUT2D eigenvalue weighted by Gasteiger charge is 2.59. The molecular formula is C14H20O4. The van der Waals surface area contributed by atoms with Gasteiger partial charge in [-0.25, -0.2) is 0 Å². The summed E-state index contributed by atoms with van der Waals surface area (Å²) in [6.07, 6.45) is 4.15. The van der Waals surface area contributed by atoms with Crippen molar-refractivity contribution in [2.45, 2.75) is 44.8 Å². The Bertz CT molecular complexity index is 406. The van der Waals surface area contributed by atoms with E-state index < -0.39 is 5.79 Å². The minimum atomic E-state index is -0.523. The smallest absolute Gasteiger partial charge is 0.197 e. The molecule has 3 rings (SSSR count). The lowest BCUT2D eigenvalue weighted by atomic mass is 9.61. The van der Waals surface area contributed by atoms with E-state index in [0.717, 1.165) is 31.3 Å². The SMILES string of the molecule is COC1=C2CCCC3(OCCO3)[C@]2(C)CCC1=O. The van der Waals surface area contributed by atoms with Gasteiger partial charge in [-0.2, -0.15) is 0 Å². The lowest BCUT2D eigenvalue weighted by Crippen LogP contribution is -2.53. The summed E-state index contributed by atoms with van der Waals surface area (Å²) < 4.78 is 17.3. The lowest BCUT2D eigenvalue weighted by Gasteiger charge is -2.51. The molecule has 4 nitrogen and oxygen atoms in total. The van der Waals surface area contributed by atoms with Crippen LogP contribution in [0.15, 0.2) is 11.3 Å². The molecule has 1 aliphatic heterocycles. The number of hydrogen-bond acceptors (Lipinski definition) is 4. The molecule has 0 aromatic carbocycles. The normalized spacial score (nSPS) is 34.9. The van der Waals surface area contributed by atoms with Gasteiger partial charge >= 0.3 is 0 Å². The Labute approximate surface area is 107 Å². The number of carbonyl (C=O) groups excluding carboxylic acids is 1. The third kappa shape index (κ3) is 1.42. The second-order valence-electron chi connectivity index (χ2n) is 5.57. The van der Waals surface area contributed by atoms with Gasteiger partial charge in [0.1, 0.15) is 0 Å². The van der Waals surface area contributed by atoms with Gasteiger partial charge in [-0.1, -0.05) is 6.92 Å². The molecule has 0 aromatic heterocycles. The van der Waals surface area contributed by atoms with Crippen molar-refractivity contribution in [3.8, 4) is 0 Å². The molecule has 2 aliphatic carbocycles. The van der Waals surface area contributed by atoms with Crippen molar-refractivity contribution in [3.63, 3.8) is 0 Å². The Morgan fingerprint density at radius 1 is 1.17 bits per heavy atom. The first kappa shape index (κ1) is 12.2. The number of rotatable bonds is 1. The van der Waals surface area contributed by atoms with Gasteiger partial charge in [-0.3, -0.25) is 4.79 Å². The molecule has 0 aromatic rings. The van der Waals surface area contributed by atoms with Crippen molar-refractivity contribution in [1.29, 1.82) is 0 Å². The van der Waals surface area contributed by atoms with Crippen LogP contribution in [0.1, 0.15) is 39.0 Å². The number of hydrogen-bond donors (Lipinski definition) is 0. The van der Waals surface area contributed by atoms with E-state index in [-0.39, 0.29) is 11.2 Å². The summed E-state index contributed by atoms with van der Waals surface area (Å²) in [4.78, 5) is 12.0. The van der Waals surface area contributed by atoms with E-state index in [0.29, 0.717) is 25.4 Å². The number of allylic oxidation sites excluding steroid dienone is 1. The molecule has 1 heterocycles. The van der Waals surface area contributed by atoms with Crippen molar-refractivity contribution >= 4 is 5.78 Å². The Morgan fingerprint density at radius 3 is 2.56 bits per heavy atom. The molecule has 3 aliphatic rings. The summed E-state index contributed by atoms with van der Waals surface area (Å²) in [5.41, 5.74) is 0.899. The van der Waals surface area contributed by atoms with E-state index in [1.54, 1.807) is 7.11 Å². The van der Waals surface area contributed by atoms with Crippen LogP contribution in [-0.4, -0.2) is 31.9 Å². The second kappa shape index (κ2) is 4.07. The molecule has 0 unspecified atom stereocenters. The summed E-state index contributed by atoms with van der Waals surface area (Å²) in [5.74, 6) is 0.160. The molecule has 2 fully saturated rings. The largest absolute Gasteiger partial charge is 0.493 e. The van der Waals surface area contributed by atoms with E-state index >= 15 is 0 Å². The average molecular weight is 252 g/mol. The van der Waals surface area contributed by atoms with E-state index in [4.69, 9.17) is 14.2 Å². The molecule has 1 saturated carbocycles. The molecule has 1 spiro atoms. The van der Waals surface area contributed by atoms with Crippen LogP contribution in [-0.2, 0) is 19.0 Å². The van der Waals surface area contributed by atoms with Crippen molar-refractivity contribution in [1.82, 2.24) is 0 Å². The molecule has 0 bridgehead atoms. The number of methoxy groups -OCH3 is 1. The molecule has 0 N–H and O–H groups in total. The first-order valence-electron chi connectivity index (χ1n) is 6.72. The zero-order chi connectivity index (χ0) is 12.8. The highest BCUT2D eigenvalue weighted by Crippen LogP contribution is 2.57. The van der Waals surface area contributed by atoms with E-state index in [2.05, 4.69) is 6.92 Å². The first-order chi connectivity index (χ1) is 8.63. The summed E-state index contributed by atoms with van der Waals surface area (Å²) in [6, 6.07) is 0. The average Bonchev–Trinajstić information content (AvgIpc) is 2.83. The van der Waals surface area contributed by atoms with Gasteiger partial charge in [0.05, 0.1) is 20.3 Å². The number of ketones is 1. The van der Waals surface area contributed by atoms with Crippen LogP contribution in [0.2, 0.25) is 0 Å². The Hall–Kier alpha value is -0.870. The maximum absolute atomic E-state index is 12.0. The molecule has 4 heteroatoms. The monoisotopic (exact) mass is 252 g/mol. The van der Waals surface area contributed by atoms with E-state index in [1.165, 1.54) is 0 Å². The van der Waals surface area contributed by atoms with Crippen LogP contribution >= 0.6 is 0 Å². The predicted octanol–water partition coefficient (Wildman–Crippen LogP) is 2.18. The van der Waals surface area contributed by atoms with Crippen molar-refractivity contribution < 1.29 is 19.0 Å². The summed E-state index contributed by atoms with van der Waals surface area (Å²) in [7, 11) is 1.59. The zero-order valence-electron chi connectivity index (χ0n) is 11.1. The number of Topliss-reactive ketones (excluding diaryl/α,β-unsaturated/α-hetero) is 1. The van der Waals surface area contributed by atoms with Crippen LogP contribution in [0.25, 0.3) is 0 Å². The quantitative estimate of drug-likeness (QED) is 0.717. The molecule has 0 amide bonds. The fourth-order valence-electron chi connectivity index (χ4n) is 3.79. The second-order valence-corrected chi connectivity index (χ2v) is 5.57. The van der Waals surface area contributed by atoms with Crippen molar-refractivity contribution in [2.24, 2.45) is 5.41 Å². The molecule has 100 valence electrons. The van der Waals surface area contributed by atoms with Crippen LogP contribution < -0.4 is 0 Å². The molecular weight excluding hydrogens is 232 g/mol. The van der Waals surface area contributed by atoms with Gasteiger partial charge in [-0.05, 0) is 24.8 Å². The van der Waals surface area contributed by atoms with Gasteiger partial charge in [-0.15, -0.1) is 0 Å². The lowest BCUT2D eigenvalue weighted by molar-refractivity contribution is -0.238. The Balaban J connectivity index is 2.10. The van der Waals surface area contributed by atoms with E-state index in [9.17, 15) is 4.79 Å². The highest BCUT2D eigenvalue weighted by molar-refractivity contribution is 5.95. The van der Waals surface area contributed by atoms with Gasteiger partial charge in [0.15, 0.2) is 17.3 Å². The van der Waals surface area contributed by atoms with Crippen molar-refractivity contribution in [2.75, 3.05) is 20.3 Å². The highest BCUT2D eigenvalue weighted by atomic mass is 16.7. The minimum Gasteiger partial charge on any atom is -0.493 e. The van der Waals surface area contributed by atoms with Crippen molar-refractivity contribution in [3.05, 3.63) is 11.3 Å². The third-order valence-corrected chi connectivity index (χ3v) is 4.78. The van der Waals surface area contributed by atoms with Crippen LogP contribution in [0, 0.1) is 5.41 Å². The predicted molar refractivity (Wildman–Crippen MR) is 64.9 cm³/mol. The molecule has 18 heavy (non-hydrogen) atoms. The van der Waals surface area contributed by atoms with Crippen LogP contribution in [0.4, 0.5) is 0 Å².